The van der Waals surface area contributed by atoms with Gasteiger partial charge in [-0.25, -0.2) is 8.42 Å². The van der Waals surface area contributed by atoms with Crippen molar-refractivity contribution in [2.75, 3.05) is 30.5 Å². The molecule has 0 saturated carbocycles. The fourth-order valence-electron chi connectivity index (χ4n) is 3.57. The molecule has 9 heteroatoms. The average Bonchev–Trinajstić information content (AvgIpc) is 2.73. The molecule has 0 unspecified atom stereocenters. The van der Waals surface area contributed by atoms with Crippen LogP contribution in [-0.2, 0) is 10.0 Å². The number of nitrogens with zero attached hydrogens (tertiary/aromatic N) is 3. The molecule has 1 aliphatic rings. The van der Waals surface area contributed by atoms with E-state index in [0.717, 1.165) is 36.7 Å². The summed E-state index contributed by atoms with van der Waals surface area (Å²) >= 11 is 0. The zero-order valence-electron chi connectivity index (χ0n) is 16.1. The standard InChI is InChI=1S/C20H25N3O5S/c24-18(15-21-13-7-2-8-14-21)16-22(17-9-3-1-4-10-17)29(27,28)20-12-6-5-11-19(20)23(25)26/h1,3-6,9-12,18,24H,2,7-8,13-16H2/t18-/m0/s1. The number of hydrogen-bond acceptors (Lipinski definition) is 6. The minimum atomic E-state index is -4.25. The van der Waals surface area contributed by atoms with Gasteiger partial charge in [-0.3, -0.25) is 14.4 Å². The SMILES string of the molecule is O=[N+]([O-])c1ccccc1S(=O)(=O)N(C[C@@H](O)CN1CCCCC1)c1ccccc1. The molecule has 1 atom stereocenters. The first-order valence-electron chi connectivity index (χ1n) is 9.61. The number of sulfonamides is 1. The van der Waals surface area contributed by atoms with Gasteiger partial charge in [0.1, 0.15) is 0 Å². The van der Waals surface area contributed by atoms with Gasteiger partial charge in [0.15, 0.2) is 4.90 Å². The Hall–Kier alpha value is -2.49. The van der Waals surface area contributed by atoms with Crippen LogP contribution in [0, 0.1) is 10.1 Å². The summed E-state index contributed by atoms with van der Waals surface area (Å²) in [4.78, 5) is 12.4. The summed E-state index contributed by atoms with van der Waals surface area (Å²) in [6.07, 6.45) is 2.35. The lowest BCUT2D eigenvalue weighted by Gasteiger charge is -2.31. The van der Waals surface area contributed by atoms with Crippen molar-refractivity contribution in [2.24, 2.45) is 0 Å². The Morgan fingerprint density at radius 1 is 1.03 bits per heavy atom. The van der Waals surface area contributed by atoms with E-state index in [0.29, 0.717) is 12.2 Å². The summed E-state index contributed by atoms with van der Waals surface area (Å²) in [7, 11) is -4.25. The Kier molecular flexibility index (Phi) is 6.83. The van der Waals surface area contributed by atoms with Crippen molar-refractivity contribution >= 4 is 21.4 Å². The summed E-state index contributed by atoms with van der Waals surface area (Å²) < 4.78 is 27.8. The third-order valence-corrected chi connectivity index (χ3v) is 6.81. The maximum absolute atomic E-state index is 13.4. The van der Waals surface area contributed by atoms with E-state index in [1.54, 1.807) is 30.3 Å². The zero-order chi connectivity index (χ0) is 20.9. The number of benzene rings is 2. The lowest BCUT2D eigenvalue weighted by atomic mass is 10.1. The zero-order valence-corrected chi connectivity index (χ0v) is 16.9. The number of hydrogen-bond donors (Lipinski definition) is 1. The van der Waals surface area contributed by atoms with E-state index in [1.165, 1.54) is 24.3 Å². The van der Waals surface area contributed by atoms with Gasteiger partial charge in [-0.15, -0.1) is 0 Å². The molecule has 0 radical (unpaired) electrons. The molecule has 0 spiro atoms. The molecule has 0 aliphatic carbocycles. The number of aliphatic hydroxyl groups excluding tert-OH is 1. The minimum Gasteiger partial charge on any atom is -0.390 e. The number of nitro groups is 1. The van der Waals surface area contributed by atoms with Crippen LogP contribution in [0.1, 0.15) is 19.3 Å². The molecule has 2 aromatic carbocycles. The highest BCUT2D eigenvalue weighted by atomic mass is 32.2. The van der Waals surface area contributed by atoms with Gasteiger partial charge in [0.05, 0.1) is 23.3 Å². The van der Waals surface area contributed by atoms with Crippen LogP contribution in [0.25, 0.3) is 0 Å². The second-order valence-electron chi connectivity index (χ2n) is 7.11. The van der Waals surface area contributed by atoms with Gasteiger partial charge in [0.2, 0.25) is 0 Å². The quantitative estimate of drug-likeness (QED) is 0.521. The molecule has 3 rings (SSSR count). The Labute approximate surface area is 170 Å². The molecule has 156 valence electrons. The molecule has 1 saturated heterocycles. The normalized spacial score (nSPS) is 16.3. The molecule has 0 amide bonds. The Bertz CT molecular complexity index is 930. The second-order valence-corrected chi connectivity index (χ2v) is 8.94. The van der Waals surface area contributed by atoms with Crippen LogP contribution < -0.4 is 4.31 Å². The van der Waals surface area contributed by atoms with Crippen molar-refractivity contribution in [1.82, 2.24) is 4.90 Å². The van der Waals surface area contributed by atoms with Gasteiger partial charge < -0.3 is 10.0 Å². The molecule has 1 aliphatic heterocycles. The average molecular weight is 420 g/mol. The van der Waals surface area contributed by atoms with Gasteiger partial charge >= 0.3 is 0 Å². The third kappa shape index (κ3) is 5.11. The van der Waals surface area contributed by atoms with E-state index in [-0.39, 0.29) is 11.4 Å². The molecule has 0 aromatic heterocycles. The van der Waals surface area contributed by atoms with Crippen LogP contribution in [0.3, 0.4) is 0 Å². The number of para-hydroxylation sites is 2. The van der Waals surface area contributed by atoms with Crippen molar-refractivity contribution in [3.63, 3.8) is 0 Å². The first-order valence-corrected chi connectivity index (χ1v) is 11.1. The summed E-state index contributed by atoms with van der Waals surface area (Å²) in [6.45, 7) is 1.92. The van der Waals surface area contributed by atoms with Crippen LogP contribution in [-0.4, -0.2) is 55.6 Å². The van der Waals surface area contributed by atoms with Gasteiger partial charge in [-0.05, 0) is 44.1 Å². The molecule has 1 fully saturated rings. The fraction of sp³-hybridized carbons (Fsp3) is 0.400. The van der Waals surface area contributed by atoms with E-state index in [9.17, 15) is 23.6 Å². The van der Waals surface area contributed by atoms with Crippen molar-refractivity contribution in [1.29, 1.82) is 0 Å². The lowest BCUT2D eigenvalue weighted by molar-refractivity contribution is -0.387. The molecule has 0 bridgehead atoms. The smallest absolute Gasteiger partial charge is 0.289 e. The molecular formula is C20H25N3O5S. The highest BCUT2D eigenvalue weighted by Gasteiger charge is 2.33. The predicted molar refractivity (Wildman–Crippen MR) is 110 cm³/mol. The lowest BCUT2D eigenvalue weighted by Crippen LogP contribution is -2.44. The van der Waals surface area contributed by atoms with E-state index in [1.807, 2.05) is 0 Å². The molecule has 8 nitrogen and oxygen atoms in total. The topological polar surface area (TPSA) is 104 Å². The molecular weight excluding hydrogens is 394 g/mol. The van der Waals surface area contributed by atoms with Crippen LogP contribution in [0.4, 0.5) is 11.4 Å². The number of nitro benzene ring substituents is 1. The van der Waals surface area contributed by atoms with Crippen LogP contribution in [0.2, 0.25) is 0 Å². The van der Waals surface area contributed by atoms with E-state index in [4.69, 9.17) is 0 Å². The predicted octanol–water partition coefficient (Wildman–Crippen LogP) is 2.64. The minimum absolute atomic E-state index is 0.186. The third-order valence-electron chi connectivity index (χ3n) is 4.97. The van der Waals surface area contributed by atoms with Crippen LogP contribution in [0.5, 0.6) is 0 Å². The maximum Gasteiger partial charge on any atom is 0.289 e. The summed E-state index contributed by atoms with van der Waals surface area (Å²) in [6, 6.07) is 13.6. The van der Waals surface area contributed by atoms with Crippen LogP contribution in [0.15, 0.2) is 59.5 Å². The van der Waals surface area contributed by atoms with Gasteiger partial charge in [0, 0.05) is 12.6 Å². The highest BCUT2D eigenvalue weighted by Crippen LogP contribution is 2.30. The first-order chi connectivity index (χ1) is 13.9. The largest absolute Gasteiger partial charge is 0.390 e. The van der Waals surface area contributed by atoms with Crippen molar-refractivity contribution in [3.05, 3.63) is 64.7 Å². The van der Waals surface area contributed by atoms with Gasteiger partial charge in [-0.1, -0.05) is 36.8 Å². The Morgan fingerprint density at radius 2 is 1.66 bits per heavy atom. The van der Waals surface area contributed by atoms with E-state index >= 15 is 0 Å². The number of β-amino-alcohol motifs (C(OH)–C–C–N with tert-alkyl or cyclic N) is 1. The van der Waals surface area contributed by atoms with Crippen molar-refractivity contribution < 1.29 is 18.4 Å². The van der Waals surface area contributed by atoms with Crippen molar-refractivity contribution in [2.45, 2.75) is 30.3 Å². The van der Waals surface area contributed by atoms with Crippen LogP contribution >= 0.6 is 0 Å². The molecule has 1 N–H and O–H groups in total. The fourth-order valence-corrected chi connectivity index (χ4v) is 5.23. The monoisotopic (exact) mass is 419 g/mol. The number of piperidine rings is 1. The summed E-state index contributed by atoms with van der Waals surface area (Å²) in [5.41, 5.74) is -0.137. The Morgan fingerprint density at radius 3 is 2.31 bits per heavy atom. The van der Waals surface area contributed by atoms with Gasteiger partial charge in [-0.2, -0.15) is 0 Å². The van der Waals surface area contributed by atoms with Crippen molar-refractivity contribution in [3.8, 4) is 0 Å². The molecule has 1 heterocycles. The number of likely N-dealkylation sites (tertiary alicyclic amines) is 1. The molecule has 2 aromatic rings. The van der Waals surface area contributed by atoms with E-state index in [2.05, 4.69) is 4.90 Å². The first kappa shape index (κ1) is 21.2. The number of aliphatic hydroxyl groups is 1. The maximum atomic E-state index is 13.4. The summed E-state index contributed by atoms with van der Waals surface area (Å²) in [5.74, 6) is 0. The highest BCUT2D eigenvalue weighted by molar-refractivity contribution is 7.93. The number of anilines is 1. The number of rotatable bonds is 8. The van der Waals surface area contributed by atoms with E-state index < -0.39 is 26.7 Å². The Balaban J connectivity index is 1.92. The molecule has 29 heavy (non-hydrogen) atoms. The second kappa shape index (κ2) is 9.34. The van der Waals surface area contributed by atoms with Gasteiger partial charge in [0.25, 0.3) is 15.7 Å². The summed E-state index contributed by atoms with van der Waals surface area (Å²) in [5, 5.41) is 22.0.